The van der Waals surface area contributed by atoms with Crippen molar-refractivity contribution in [2.75, 3.05) is 0 Å². The highest BCUT2D eigenvalue weighted by Crippen LogP contribution is 2.25. The van der Waals surface area contributed by atoms with Crippen molar-refractivity contribution in [3.8, 4) is 0 Å². The average molecular weight is 380 g/mol. The van der Waals surface area contributed by atoms with Gasteiger partial charge in [-0.1, -0.05) is 44.9 Å². The lowest BCUT2D eigenvalue weighted by Crippen LogP contribution is -2.23. The quantitative estimate of drug-likeness (QED) is 0.356. The highest BCUT2D eigenvalue weighted by Gasteiger charge is 2.25. The van der Waals surface area contributed by atoms with E-state index in [1.807, 2.05) is 0 Å². The van der Waals surface area contributed by atoms with Gasteiger partial charge < -0.3 is 9.47 Å². The Morgan fingerprint density at radius 3 is 1.30 bits per heavy atom. The van der Waals surface area contributed by atoms with E-state index in [2.05, 4.69) is 0 Å². The third kappa shape index (κ3) is 8.22. The molecule has 0 atom stereocenters. The largest absolute Gasteiger partial charge is 0.393 e. The molecular weight excluding hydrogens is 348 g/mol. The first-order chi connectivity index (χ1) is 13.1. The summed E-state index contributed by atoms with van der Waals surface area (Å²) in [5.74, 6) is -1.99. The van der Waals surface area contributed by atoms with Crippen molar-refractivity contribution in [2.24, 2.45) is 11.8 Å². The number of carbonyl (C=O) groups excluding carboxylic acids is 4. The number of hydrogen-bond donors (Lipinski definition) is 0. The standard InChI is InChI=1S/C21H32O6/c22-18(26-20(24)16-10-4-1-5-11-16)14-8-3-9-15-19(23)27-21(25)17-12-6-2-7-13-17/h16-17H,1-15H2. The minimum absolute atomic E-state index is 0.126. The molecule has 2 aliphatic carbocycles. The van der Waals surface area contributed by atoms with Gasteiger partial charge in [-0.2, -0.15) is 0 Å². The van der Waals surface area contributed by atoms with E-state index in [4.69, 9.17) is 9.47 Å². The fourth-order valence-electron chi connectivity index (χ4n) is 3.89. The molecule has 0 N–H and O–H groups in total. The average Bonchev–Trinajstić information content (AvgIpc) is 2.69. The summed E-state index contributed by atoms with van der Waals surface area (Å²) in [6.07, 6.45) is 11.7. The van der Waals surface area contributed by atoms with Crippen molar-refractivity contribution in [3.63, 3.8) is 0 Å². The van der Waals surface area contributed by atoms with Gasteiger partial charge in [-0.15, -0.1) is 0 Å². The van der Waals surface area contributed by atoms with Crippen LogP contribution in [0.15, 0.2) is 0 Å². The van der Waals surface area contributed by atoms with Gasteiger partial charge in [-0.25, -0.2) is 0 Å². The maximum atomic E-state index is 11.9. The first-order valence-corrected chi connectivity index (χ1v) is 10.6. The molecule has 6 nitrogen and oxygen atoms in total. The molecule has 0 unspecified atom stereocenters. The van der Waals surface area contributed by atoms with Crippen LogP contribution in [0.5, 0.6) is 0 Å². The van der Waals surface area contributed by atoms with Gasteiger partial charge in [-0.3, -0.25) is 19.2 Å². The Kier molecular flexibility index (Phi) is 9.50. The zero-order valence-electron chi connectivity index (χ0n) is 16.2. The van der Waals surface area contributed by atoms with Gasteiger partial charge >= 0.3 is 23.9 Å². The Morgan fingerprint density at radius 2 is 0.926 bits per heavy atom. The van der Waals surface area contributed by atoms with E-state index in [1.54, 1.807) is 0 Å². The fraction of sp³-hybridized carbons (Fsp3) is 0.810. The van der Waals surface area contributed by atoms with Crippen LogP contribution >= 0.6 is 0 Å². The zero-order chi connectivity index (χ0) is 19.5. The molecule has 2 rings (SSSR count). The van der Waals surface area contributed by atoms with Crippen LogP contribution in [0.2, 0.25) is 0 Å². The molecule has 0 aromatic carbocycles. The minimum atomic E-state index is -0.486. The van der Waals surface area contributed by atoms with Gasteiger partial charge in [0.15, 0.2) is 0 Å². The maximum Gasteiger partial charge on any atom is 0.316 e. The molecule has 0 saturated heterocycles. The number of carbonyl (C=O) groups is 4. The van der Waals surface area contributed by atoms with Crippen molar-refractivity contribution in [1.29, 1.82) is 0 Å². The summed E-state index contributed by atoms with van der Waals surface area (Å²) in [5, 5.41) is 0. The molecule has 0 amide bonds. The predicted octanol–water partition coefficient (Wildman–Crippen LogP) is 4.24. The molecule has 2 fully saturated rings. The van der Waals surface area contributed by atoms with E-state index in [0.29, 0.717) is 19.3 Å². The van der Waals surface area contributed by atoms with E-state index in [-0.39, 0.29) is 36.6 Å². The van der Waals surface area contributed by atoms with Crippen molar-refractivity contribution in [1.82, 2.24) is 0 Å². The van der Waals surface area contributed by atoms with Gasteiger partial charge in [0.25, 0.3) is 0 Å². The Balaban J connectivity index is 1.50. The number of rotatable bonds is 8. The summed E-state index contributed by atoms with van der Waals surface area (Å²) in [4.78, 5) is 47.2. The number of hydrogen-bond acceptors (Lipinski definition) is 6. The lowest BCUT2D eigenvalue weighted by atomic mass is 9.89. The van der Waals surface area contributed by atoms with Crippen LogP contribution in [0.4, 0.5) is 0 Å². The molecule has 0 radical (unpaired) electrons. The summed E-state index contributed by atoms with van der Waals surface area (Å²) in [7, 11) is 0. The topological polar surface area (TPSA) is 86.7 Å². The van der Waals surface area contributed by atoms with Gasteiger partial charge in [0.05, 0.1) is 11.8 Å². The van der Waals surface area contributed by atoms with Crippen LogP contribution in [-0.4, -0.2) is 23.9 Å². The second-order valence-electron chi connectivity index (χ2n) is 7.82. The molecule has 0 aromatic heterocycles. The second-order valence-corrected chi connectivity index (χ2v) is 7.82. The van der Waals surface area contributed by atoms with E-state index in [9.17, 15) is 19.2 Å². The van der Waals surface area contributed by atoms with Crippen LogP contribution in [0, 0.1) is 11.8 Å². The zero-order valence-corrected chi connectivity index (χ0v) is 16.2. The smallest absolute Gasteiger partial charge is 0.316 e. The van der Waals surface area contributed by atoms with Gasteiger partial charge in [0.2, 0.25) is 0 Å². The molecule has 27 heavy (non-hydrogen) atoms. The second kappa shape index (κ2) is 11.9. The summed E-state index contributed by atoms with van der Waals surface area (Å²) in [6, 6.07) is 0. The molecule has 2 aliphatic rings. The summed E-state index contributed by atoms with van der Waals surface area (Å²) in [6.45, 7) is 0. The molecule has 0 aliphatic heterocycles. The first-order valence-electron chi connectivity index (χ1n) is 10.6. The van der Waals surface area contributed by atoms with E-state index in [0.717, 1.165) is 64.2 Å². The van der Waals surface area contributed by atoms with E-state index in [1.165, 1.54) is 0 Å². The third-order valence-corrected chi connectivity index (χ3v) is 5.57. The molecule has 0 aromatic rings. The minimum Gasteiger partial charge on any atom is -0.393 e. The Labute approximate surface area is 161 Å². The van der Waals surface area contributed by atoms with Crippen LogP contribution in [-0.2, 0) is 28.7 Å². The molecule has 152 valence electrons. The van der Waals surface area contributed by atoms with Gasteiger partial charge in [0, 0.05) is 12.8 Å². The van der Waals surface area contributed by atoms with Crippen LogP contribution < -0.4 is 0 Å². The highest BCUT2D eigenvalue weighted by molar-refractivity contribution is 5.87. The first kappa shape index (κ1) is 21.6. The number of ether oxygens (including phenoxy) is 2. The predicted molar refractivity (Wildman–Crippen MR) is 98.4 cm³/mol. The lowest BCUT2D eigenvalue weighted by molar-refractivity contribution is -0.164. The Morgan fingerprint density at radius 1 is 0.556 bits per heavy atom. The SMILES string of the molecule is O=C(CCCCCC(=O)OC(=O)C1CCCCC1)OC(=O)C1CCCCC1. The lowest BCUT2D eigenvalue weighted by Gasteiger charge is -2.19. The molecule has 2 saturated carbocycles. The van der Waals surface area contributed by atoms with Crippen molar-refractivity contribution in [3.05, 3.63) is 0 Å². The molecule has 0 heterocycles. The summed E-state index contributed by atoms with van der Waals surface area (Å²) >= 11 is 0. The van der Waals surface area contributed by atoms with Crippen LogP contribution in [0.3, 0.4) is 0 Å². The van der Waals surface area contributed by atoms with E-state index >= 15 is 0 Å². The summed E-state index contributed by atoms with van der Waals surface area (Å²) in [5.41, 5.74) is 0. The van der Waals surface area contributed by atoms with Crippen molar-refractivity contribution < 1.29 is 28.7 Å². The summed E-state index contributed by atoms with van der Waals surface area (Å²) < 4.78 is 9.85. The van der Waals surface area contributed by atoms with E-state index < -0.39 is 11.9 Å². The van der Waals surface area contributed by atoms with Crippen molar-refractivity contribution >= 4 is 23.9 Å². The Bertz CT molecular complexity index is 469. The Hall–Kier alpha value is -1.72. The number of unbranched alkanes of at least 4 members (excludes halogenated alkanes) is 2. The number of esters is 4. The maximum absolute atomic E-state index is 11.9. The van der Waals surface area contributed by atoms with Crippen LogP contribution in [0.25, 0.3) is 0 Å². The van der Waals surface area contributed by atoms with Crippen molar-refractivity contribution in [2.45, 2.75) is 96.3 Å². The monoisotopic (exact) mass is 380 g/mol. The molecule has 6 heteroatoms. The highest BCUT2D eigenvalue weighted by atomic mass is 16.6. The van der Waals surface area contributed by atoms with Gasteiger partial charge in [-0.05, 0) is 38.5 Å². The normalized spacial score (nSPS) is 18.7. The third-order valence-electron chi connectivity index (χ3n) is 5.57. The fourth-order valence-corrected chi connectivity index (χ4v) is 3.89. The van der Waals surface area contributed by atoms with Gasteiger partial charge in [0.1, 0.15) is 0 Å². The molecule has 0 spiro atoms. The molecular formula is C21H32O6. The molecule has 0 bridgehead atoms. The van der Waals surface area contributed by atoms with Crippen LogP contribution in [0.1, 0.15) is 96.3 Å².